The summed E-state index contributed by atoms with van der Waals surface area (Å²) in [7, 11) is 1.38. The van der Waals surface area contributed by atoms with E-state index in [1.54, 1.807) is 67.6 Å². The number of azide groups is 1. The number of methoxy groups -OCH3 is 1. The molecule has 0 amide bonds. The summed E-state index contributed by atoms with van der Waals surface area (Å²) in [5.74, 6) is -2.57. The molecule has 0 bridgehead atoms. The van der Waals surface area contributed by atoms with Crippen LogP contribution in [0.3, 0.4) is 0 Å². The highest BCUT2D eigenvalue weighted by Crippen LogP contribution is 2.36. The highest BCUT2D eigenvalue weighted by molar-refractivity contribution is 5.90. The van der Waals surface area contributed by atoms with Gasteiger partial charge in [-0.05, 0) is 48.2 Å². The average Bonchev–Trinajstić information content (AvgIpc) is 3.14. The standard InChI is InChI=1S/C36H39N3O11/c1-21-27(38-39-37)35(44-3)47-26(20-46-33(42)24-15-9-5-10-16-24)29(21)49-36-32(48-34(43)25-17-11-6-12-18-25)31(28(41)30(50-36)22(2)40)45-19-23-13-7-4-8-14-23/h4-18,21,26-32,35-36,41H,19-20H2,1-3H3/t21-,26?,27?,28-,29+,30?,31-,32?,35+,36-/m1/s1. The summed E-state index contributed by atoms with van der Waals surface area (Å²) >= 11 is 0. The molecular weight excluding hydrogens is 650 g/mol. The zero-order valence-corrected chi connectivity index (χ0v) is 27.7. The van der Waals surface area contributed by atoms with E-state index in [1.165, 1.54) is 14.0 Å². The third-order valence-corrected chi connectivity index (χ3v) is 8.57. The van der Waals surface area contributed by atoms with Gasteiger partial charge < -0.3 is 38.3 Å². The monoisotopic (exact) mass is 689 g/mol. The quantitative estimate of drug-likeness (QED) is 0.116. The Labute approximate surface area is 288 Å². The van der Waals surface area contributed by atoms with E-state index in [4.69, 9.17) is 33.2 Å². The number of Topliss-reactive ketones (excluding diaryl/α,β-unsaturated/α-hetero) is 1. The number of ether oxygens (including phenoxy) is 7. The van der Waals surface area contributed by atoms with Crippen molar-refractivity contribution in [2.75, 3.05) is 13.7 Å². The zero-order valence-electron chi connectivity index (χ0n) is 27.7. The molecule has 2 heterocycles. The van der Waals surface area contributed by atoms with E-state index >= 15 is 0 Å². The minimum Gasteiger partial charge on any atom is -0.459 e. The number of hydrogen-bond acceptors (Lipinski definition) is 12. The molecule has 0 aliphatic carbocycles. The lowest BCUT2D eigenvalue weighted by Gasteiger charge is -2.48. The average molecular weight is 690 g/mol. The van der Waals surface area contributed by atoms with Crippen molar-refractivity contribution in [2.24, 2.45) is 11.0 Å². The van der Waals surface area contributed by atoms with Crippen LogP contribution in [0.4, 0.5) is 0 Å². The van der Waals surface area contributed by atoms with E-state index in [0.29, 0.717) is 5.56 Å². The number of nitrogens with zero attached hydrogens (tertiary/aromatic N) is 3. The minimum atomic E-state index is -1.55. The number of hydrogen-bond donors (Lipinski definition) is 1. The molecule has 50 heavy (non-hydrogen) atoms. The van der Waals surface area contributed by atoms with Crippen molar-refractivity contribution in [3.8, 4) is 0 Å². The van der Waals surface area contributed by atoms with Gasteiger partial charge in [0.15, 0.2) is 24.5 Å². The lowest BCUT2D eigenvalue weighted by atomic mass is 9.88. The van der Waals surface area contributed by atoms with Gasteiger partial charge in [0.2, 0.25) is 0 Å². The van der Waals surface area contributed by atoms with Crippen molar-refractivity contribution in [3.63, 3.8) is 0 Å². The Hall–Kier alpha value is -4.66. The second-order valence-electron chi connectivity index (χ2n) is 11.9. The van der Waals surface area contributed by atoms with Crippen LogP contribution in [0.15, 0.2) is 96.1 Å². The van der Waals surface area contributed by atoms with E-state index in [9.17, 15) is 25.0 Å². The van der Waals surface area contributed by atoms with Crippen molar-refractivity contribution in [3.05, 3.63) is 118 Å². The van der Waals surface area contributed by atoms with Gasteiger partial charge >= 0.3 is 11.9 Å². The first-order valence-corrected chi connectivity index (χ1v) is 16.1. The lowest BCUT2D eigenvalue weighted by Crippen LogP contribution is -2.64. The highest BCUT2D eigenvalue weighted by Gasteiger charge is 2.54. The van der Waals surface area contributed by atoms with Gasteiger partial charge in [-0.1, -0.05) is 78.8 Å². The largest absolute Gasteiger partial charge is 0.459 e. The number of aliphatic hydroxyl groups is 1. The van der Waals surface area contributed by atoms with E-state index in [-0.39, 0.29) is 18.8 Å². The van der Waals surface area contributed by atoms with Crippen LogP contribution in [-0.2, 0) is 44.6 Å². The molecule has 264 valence electrons. The molecule has 14 nitrogen and oxygen atoms in total. The van der Waals surface area contributed by atoms with Gasteiger partial charge in [0.25, 0.3) is 0 Å². The Kier molecular flexibility index (Phi) is 12.7. The summed E-state index contributed by atoms with van der Waals surface area (Å²) < 4.78 is 41.9. The van der Waals surface area contributed by atoms with Gasteiger partial charge in [0.05, 0.1) is 29.9 Å². The molecule has 0 saturated carbocycles. The molecule has 5 rings (SSSR count). The molecule has 4 unspecified atom stereocenters. The Balaban J connectivity index is 1.49. The maximum atomic E-state index is 13.5. The van der Waals surface area contributed by atoms with Crippen LogP contribution in [0.5, 0.6) is 0 Å². The smallest absolute Gasteiger partial charge is 0.338 e. The predicted octanol–water partition coefficient (Wildman–Crippen LogP) is 4.40. The van der Waals surface area contributed by atoms with Gasteiger partial charge in [0, 0.05) is 12.0 Å². The van der Waals surface area contributed by atoms with Crippen LogP contribution in [0, 0.1) is 5.92 Å². The number of esters is 2. The van der Waals surface area contributed by atoms with Gasteiger partial charge in [-0.15, -0.1) is 0 Å². The SMILES string of the molecule is CO[C@H]1OC(COC(=O)c2ccccc2)[C@@H](O[C@@H]2OC(C(C)=O)[C@@H](O)[C@@H](OCc3ccccc3)C2OC(=O)c2ccccc2)[C@H](C)C1N=[N+]=[N-]. The minimum absolute atomic E-state index is 0.00518. The van der Waals surface area contributed by atoms with Gasteiger partial charge in [-0.3, -0.25) is 4.79 Å². The van der Waals surface area contributed by atoms with Crippen LogP contribution in [0.25, 0.3) is 10.4 Å². The number of benzene rings is 3. The van der Waals surface area contributed by atoms with Crippen molar-refractivity contribution in [1.82, 2.24) is 0 Å². The van der Waals surface area contributed by atoms with Crippen LogP contribution in [-0.4, -0.2) is 91.8 Å². The Morgan fingerprint density at radius 2 is 1.44 bits per heavy atom. The highest BCUT2D eigenvalue weighted by atomic mass is 16.7. The van der Waals surface area contributed by atoms with E-state index in [0.717, 1.165) is 5.56 Å². The number of ketones is 1. The first-order valence-electron chi connectivity index (χ1n) is 16.1. The summed E-state index contributed by atoms with van der Waals surface area (Å²) in [6.07, 6.45) is -10.3. The molecular formula is C36H39N3O11. The Morgan fingerprint density at radius 1 is 0.840 bits per heavy atom. The van der Waals surface area contributed by atoms with Gasteiger partial charge in [-0.25, -0.2) is 9.59 Å². The summed E-state index contributed by atoms with van der Waals surface area (Å²) in [5, 5.41) is 15.3. The predicted molar refractivity (Wildman–Crippen MR) is 175 cm³/mol. The molecule has 2 aliphatic heterocycles. The molecule has 0 radical (unpaired) electrons. The lowest BCUT2D eigenvalue weighted by molar-refractivity contribution is -0.336. The summed E-state index contributed by atoms with van der Waals surface area (Å²) in [6.45, 7) is 2.64. The maximum Gasteiger partial charge on any atom is 0.338 e. The molecule has 14 heteroatoms. The summed E-state index contributed by atoms with van der Waals surface area (Å²) in [4.78, 5) is 42.1. The second-order valence-corrected chi connectivity index (χ2v) is 11.9. The maximum absolute atomic E-state index is 13.5. The number of rotatable bonds is 13. The molecule has 2 fully saturated rings. The van der Waals surface area contributed by atoms with Crippen molar-refractivity contribution >= 4 is 17.7 Å². The van der Waals surface area contributed by atoms with Crippen LogP contribution in [0.2, 0.25) is 0 Å². The van der Waals surface area contributed by atoms with E-state index in [1.807, 2.05) is 30.3 Å². The first kappa shape index (κ1) is 36.6. The Morgan fingerprint density at radius 3 is 2.02 bits per heavy atom. The van der Waals surface area contributed by atoms with Crippen LogP contribution >= 0.6 is 0 Å². The molecule has 0 aromatic heterocycles. The fourth-order valence-corrected chi connectivity index (χ4v) is 5.96. The zero-order chi connectivity index (χ0) is 35.6. The van der Waals surface area contributed by atoms with E-state index < -0.39 is 78.9 Å². The molecule has 2 saturated heterocycles. The third-order valence-electron chi connectivity index (χ3n) is 8.57. The third kappa shape index (κ3) is 8.73. The number of carbonyl (C=O) groups is 3. The van der Waals surface area contributed by atoms with Gasteiger partial charge in [-0.2, -0.15) is 0 Å². The molecule has 3 aromatic carbocycles. The summed E-state index contributed by atoms with van der Waals surface area (Å²) in [5.41, 5.74) is 10.6. The number of carbonyl (C=O) groups excluding carboxylic acids is 3. The topological polar surface area (TPSA) is 185 Å². The first-order chi connectivity index (χ1) is 24.2. The fourth-order valence-electron chi connectivity index (χ4n) is 5.96. The van der Waals surface area contributed by atoms with Crippen molar-refractivity contribution < 1.29 is 52.6 Å². The summed E-state index contributed by atoms with van der Waals surface area (Å²) in [6, 6.07) is 24.7. The number of aliphatic hydroxyl groups excluding tert-OH is 1. The van der Waals surface area contributed by atoms with Crippen LogP contribution < -0.4 is 0 Å². The molecule has 3 aromatic rings. The van der Waals surface area contributed by atoms with Gasteiger partial charge in [0.1, 0.15) is 31.0 Å². The molecule has 10 atom stereocenters. The molecule has 1 N–H and O–H groups in total. The molecule has 2 aliphatic rings. The normalized spacial score (nSPS) is 29.3. The fraction of sp³-hybridized carbons (Fsp3) is 0.417. The van der Waals surface area contributed by atoms with Crippen molar-refractivity contribution in [2.45, 2.75) is 75.7 Å². The Bertz CT molecular complexity index is 1620. The van der Waals surface area contributed by atoms with Crippen LogP contribution in [0.1, 0.15) is 40.1 Å². The molecule has 0 spiro atoms. The second kappa shape index (κ2) is 17.3. The van der Waals surface area contributed by atoms with Crippen molar-refractivity contribution in [1.29, 1.82) is 0 Å². The van der Waals surface area contributed by atoms with E-state index in [2.05, 4.69) is 10.0 Å².